The Morgan fingerprint density at radius 2 is 2.17 bits per heavy atom. The first kappa shape index (κ1) is 19.4. The van der Waals surface area contributed by atoms with Crippen molar-refractivity contribution in [3.63, 3.8) is 0 Å². The van der Waals surface area contributed by atoms with E-state index in [1.54, 1.807) is 0 Å². The summed E-state index contributed by atoms with van der Waals surface area (Å²) in [6, 6.07) is 4.04. The molecule has 1 aromatic rings. The third-order valence-electron chi connectivity index (χ3n) is 3.47. The smallest absolute Gasteiger partial charge is 0.387 e. The van der Waals surface area contributed by atoms with Crippen molar-refractivity contribution >= 4 is 18.3 Å². The zero-order valence-corrected chi connectivity index (χ0v) is 13.2. The zero-order chi connectivity index (χ0) is 16.1. The van der Waals surface area contributed by atoms with E-state index in [9.17, 15) is 18.7 Å². The topological polar surface area (TPSA) is 79.8 Å². The monoisotopic (exact) mass is 352 g/mol. The van der Waals surface area contributed by atoms with E-state index in [0.717, 1.165) is 0 Å². The molecule has 1 amide bonds. The van der Waals surface area contributed by atoms with Crippen LogP contribution in [0.2, 0.25) is 0 Å². The van der Waals surface area contributed by atoms with Crippen molar-refractivity contribution in [2.45, 2.75) is 12.7 Å². The highest BCUT2D eigenvalue weighted by molar-refractivity contribution is 5.94. The Morgan fingerprint density at radius 3 is 2.74 bits per heavy atom. The van der Waals surface area contributed by atoms with Crippen LogP contribution >= 0.6 is 12.4 Å². The second kappa shape index (κ2) is 8.85. The summed E-state index contributed by atoms with van der Waals surface area (Å²) in [4.78, 5) is 12.0. The first-order chi connectivity index (χ1) is 10.5. The summed E-state index contributed by atoms with van der Waals surface area (Å²) in [7, 11) is 1.32. The van der Waals surface area contributed by atoms with Crippen LogP contribution in [0.5, 0.6) is 11.5 Å². The van der Waals surface area contributed by atoms with Crippen LogP contribution in [0.15, 0.2) is 18.2 Å². The summed E-state index contributed by atoms with van der Waals surface area (Å²) in [6.45, 7) is -1.60. The number of halogens is 3. The van der Waals surface area contributed by atoms with Gasteiger partial charge in [-0.2, -0.15) is 8.78 Å². The van der Waals surface area contributed by atoms with Gasteiger partial charge in [-0.3, -0.25) is 4.79 Å². The van der Waals surface area contributed by atoms with Gasteiger partial charge in [-0.15, -0.1) is 12.4 Å². The van der Waals surface area contributed by atoms with E-state index in [-0.39, 0.29) is 35.4 Å². The molecule has 6 nitrogen and oxygen atoms in total. The molecule has 0 saturated carbocycles. The molecule has 0 radical (unpaired) electrons. The van der Waals surface area contributed by atoms with E-state index < -0.39 is 18.6 Å². The number of carbonyl (C=O) groups excluding carboxylic acids is 1. The standard InChI is InChI=1S/C14H18F2N2O4.ClH/c1-21-11-3-2-8(4-12(11)22-14(15)16)13(20)18-6-9-5-17-7-10(9)19;/h2-4,9-10,14,17,19H,5-7H2,1H3,(H,18,20);1H. The number of rotatable bonds is 6. The van der Waals surface area contributed by atoms with Crippen molar-refractivity contribution in [1.82, 2.24) is 10.6 Å². The highest BCUT2D eigenvalue weighted by Crippen LogP contribution is 2.29. The van der Waals surface area contributed by atoms with Crippen molar-refractivity contribution in [1.29, 1.82) is 0 Å². The average Bonchev–Trinajstić information content (AvgIpc) is 2.89. The van der Waals surface area contributed by atoms with Gasteiger partial charge in [0.05, 0.1) is 13.2 Å². The van der Waals surface area contributed by atoms with E-state index in [1.807, 2.05) is 0 Å². The lowest BCUT2D eigenvalue weighted by atomic mass is 10.1. The molecule has 0 bridgehead atoms. The fraction of sp³-hybridized carbons (Fsp3) is 0.500. The maximum absolute atomic E-state index is 12.4. The van der Waals surface area contributed by atoms with E-state index in [4.69, 9.17) is 4.74 Å². The van der Waals surface area contributed by atoms with Crippen LogP contribution in [0, 0.1) is 5.92 Å². The second-order valence-corrected chi connectivity index (χ2v) is 4.94. The number of aliphatic hydroxyl groups excluding tert-OH is 1. The molecule has 1 aliphatic heterocycles. The van der Waals surface area contributed by atoms with Gasteiger partial charge in [0.15, 0.2) is 11.5 Å². The van der Waals surface area contributed by atoms with E-state index in [1.165, 1.54) is 25.3 Å². The second-order valence-electron chi connectivity index (χ2n) is 4.94. The lowest BCUT2D eigenvalue weighted by Crippen LogP contribution is -2.34. The van der Waals surface area contributed by atoms with E-state index in [0.29, 0.717) is 19.6 Å². The molecular formula is C14H19ClF2N2O4. The van der Waals surface area contributed by atoms with Crippen molar-refractivity contribution in [2.24, 2.45) is 5.92 Å². The molecule has 1 heterocycles. The molecule has 23 heavy (non-hydrogen) atoms. The Balaban J connectivity index is 0.00000264. The van der Waals surface area contributed by atoms with Gasteiger partial charge in [-0.1, -0.05) is 0 Å². The number of nitrogens with one attached hydrogen (secondary N) is 2. The molecule has 2 unspecified atom stereocenters. The van der Waals surface area contributed by atoms with Gasteiger partial charge in [0.25, 0.3) is 5.91 Å². The first-order valence-corrected chi connectivity index (χ1v) is 6.81. The van der Waals surface area contributed by atoms with Crippen LogP contribution in [0.4, 0.5) is 8.78 Å². The third-order valence-corrected chi connectivity index (χ3v) is 3.47. The molecule has 1 saturated heterocycles. The number of ether oxygens (including phenoxy) is 2. The van der Waals surface area contributed by atoms with Gasteiger partial charge >= 0.3 is 6.61 Å². The predicted octanol–water partition coefficient (Wildman–Crippen LogP) is 1.03. The number of methoxy groups -OCH3 is 1. The van der Waals surface area contributed by atoms with Crippen LogP contribution in [-0.4, -0.2) is 50.5 Å². The molecule has 0 aromatic heterocycles. The molecule has 3 N–H and O–H groups in total. The lowest BCUT2D eigenvalue weighted by molar-refractivity contribution is -0.0512. The Labute approximate surface area is 138 Å². The molecule has 1 fully saturated rings. The largest absolute Gasteiger partial charge is 0.493 e. The van der Waals surface area contributed by atoms with Gasteiger partial charge < -0.3 is 25.2 Å². The summed E-state index contributed by atoms with van der Waals surface area (Å²) in [5.41, 5.74) is 0.178. The van der Waals surface area contributed by atoms with Crippen LogP contribution < -0.4 is 20.1 Å². The predicted molar refractivity (Wildman–Crippen MR) is 81.6 cm³/mol. The van der Waals surface area contributed by atoms with Crippen molar-refractivity contribution in [3.8, 4) is 11.5 Å². The Morgan fingerprint density at radius 1 is 1.43 bits per heavy atom. The highest BCUT2D eigenvalue weighted by atomic mass is 35.5. The fourth-order valence-electron chi connectivity index (χ4n) is 2.26. The van der Waals surface area contributed by atoms with Crippen molar-refractivity contribution < 1.29 is 28.2 Å². The van der Waals surface area contributed by atoms with Crippen LogP contribution in [0.1, 0.15) is 10.4 Å². The number of amides is 1. The minimum absolute atomic E-state index is 0. The van der Waals surface area contributed by atoms with E-state index >= 15 is 0 Å². The SMILES string of the molecule is COc1ccc(C(=O)NCC2CNCC2O)cc1OC(F)F.Cl. The first-order valence-electron chi connectivity index (χ1n) is 6.81. The molecule has 9 heteroatoms. The average molecular weight is 353 g/mol. The number of β-amino-alcohol motifs (C(OH)–C–C–N with tert-alkyl or cyclic N) is 1. The maximum atomic E-state index is 12.4. The summed E-state index contributed by atoms with van der Waals surface area (Å²) >= 11 is 0. The van der Waals surface area contributed by atoms with Gasteiger partial charge in [0.2, 0.25) is 0 Å². The number of alkyl halides is 2. The minimum Gasteiger partial charge on any atom is -0.493 e. The molecular weight excluding hydrogens is 334 g/mol. The third kappa shape index (κ3) is 5.19. The van der Waals surface area contributed by atoms with Crippen LogP contribution in [-0.2, 0) is 0 Å². The fourth-order valence-corrected chi connectivity index (χ4v) is 2.26. The van der Waals surface area contributed by atoms with Crippen LogP contribution in [0.25, 0.3) is 0 Å². The van der Waals surface area contributed by atoms with E-state index in [2.05, 4.69) is 15.4 Å². The molecule has 0 spiro atoms. The minimum atomic E-state index is -3.01. The molecule has 2 rings (SSSR count). The molecule has 1 aromatic carbocycles. The van der Waals surface area contributed by atoms with Crippen LogP contribution in [0.3, 0.4) is 0 Å². The maximum Gasteiger partial charge on any atom is 0.387 e. The normalized spacial score (nSPS) is 20.0. The van der Waals surface area contributed by atoms with Gasteiger partial charge in [0.1, 0.15) is 0 Å². The van der Waals surface area contributed by atoms with Gasteiger partial charge in [-0.25, -0.2) is 0 Å². The lowest BCUT2D eigenvalue weighted by Gasteiger charge is -2.15. The Hall–Kier alpha value is -1.64. The Bertz CT molecular complexity index is 533. The number of hydrogen-bond donors (Lipinski definition) is 3. The Kier molecular flexibility index (Phi) is 7.47. The summed E-state index contributed by atoms with van der Waals surface area (Å²) in [6.07, 6.45) is -0.506. The summed E-state index contributed by atoms with van der Waals surface area (Å²) < 4.78 is 33.9. The summed E-state index contributed by atoms with van der Waals surface area (Å²) in [5.74, 6) is -0.583. The van der Waals surface area contributed by atoms with Gasteiger partial charge in [-0.05, 0) is 18.2 Å². The number of benzene rings is 1. The quantitative estimate of drug-likeness (QED) is 0.712. The molecule has 2 atom stereocenters. The molecule has 0 aliphatic carbocycles. The summed E-state index contributed by atoms with van der Waals surface area (Å²) in [5, 5.41) is 15.3. The number of aliphatic hydroxyl groups is 1. The molecule has 130 valence electrons. The number of carbonyl (C=O) groups is 1. The van der Waals surface area contributed by atoms with Crippen molar-refractivity contribution in [3.05, 3.63) is 23.8 Å². The van der Waals surface area contributed by atoms with Gasteiger partial charge in [0, 0.05) is 31.1 Å². The molecule has 1 aliphatic rings. The van der Waals surface area contributed by atoms with Crippen molar-refractivity contribution in [2.75, 3.05) is 26.7 Å². The highest BCUT2D eigenvalue weighted by Gasteiger charge is 2.25. The number of hydrogen-bond acceptors (Lipinski definition) is 5. The zero-order valence-electron chi connectivity index (χ0n) is 12.4.